The molecule has 4 rings (SSSR count). The zero-order valence-electron chi connectivity index (χ0n) is 19.4. The maximum Gasteiger partial charge on any atom is 0.573 e. The first-order valence-corrected chi connectivity index (χ1v) is 11.4. The molecule has 9 heteroatoms. The maximum atomic E-state index is 13.3. The second-order valence-electron chi connectivity index (χ2n) is 8.14. The Kier molecular flexibility index (Phi) is 7.49. The number of hydrogen-bond acceptors (Lipinski definition) is 4. The molecule has 0 bridgehead atoms. The Balaban J connectivity index is 1.59. The summed E-state index contributed by atoms with van der Waals surface area (Å²) < 4.78 is 47.6. The number of alkyl halides is 3. The molecule has 188 valence electrons. The van der Waals surface area contributed by atoms with E-state index in [0.29, 0.717) is 29.9 Å². The standard InChI is InChI=1S/C27H25F3N2O4/c1-2-35-25-11-10-18(17-6-5-7-21(13-17)36-27(28,29)30)14-23(25)26(34)32-20(16-33)12-19-15-31-24-9-4-3-8-22(19)24/h3-11,13-15,20,31,33H,2,12,16H2,1H3,(H,32,34). The summed E-state index contributed by atoms with van der Waals surface area (Å²) in [6.07, 6.45) is -2.57. The zero-order valence-corrected chi connectivity index (χ0v) is 19.4. The molecule has 0 aliphatic carbocycles. The van der Waals surface area contributed by atoms with Gasteiger partial charge in [-0.15, -0.1) is 13.2 Å². The molecule has 3 N–H and O–H groups in total. The van der Waals surface area contributed by atoms with Gasteiger partial charge in [0.2, 0.25) is 0 Å². The van der Waals surface area contributed by atoms with Crippen LogP contribution in [0.2, 0.25) is 0 Å². The van der Waals surface area contributed by atoms with E-state index >= 15 is 0 Å². The monoisotopic (exact) mass is 498 g/mol. The molecule has 3 aromatic carbocycles. The van der Waals surface area contributed by atoms with Crippen molar-refractivity contribution < 1.29 is 32.5 Å². The van der Waals surface area contributed by atoms with Crippen molar-refractivity contribution in [2.24, 2.45) is 0 Å². The van der Waals surface area contributed by atoms with Gasteiger partial charge in [0, 0.05) is 17.1 Å². The minimum atomic E-state index is -4.81. The number of aliphatic hydroxyl groups excluding tert-OH is 1. The minimum Gasteiger partial charge on any atom is -0.493 e. The highest BCUT2D eigenvalue weighted by Crippen LogP contribution is 2.31. The van der Waals surface area contributed by atoms with Crippen molar-refractivity contribution in [3.63, 3.8) is 0 Å². The molecule has 0 aliphatic heterocycles. The Hall–Kier alpha value is -3.98. The van der Waals surface area contributed by atoms with Crippen LogP contribution >= 0.6 is 0 Å². The number of fused-ring (bicyclic) bond motifs is 1. The molecule has 0 radical (unpaired) electrons. The molecule has 6 nitrogen and oxygen atoms in total. The lowest BCUT2D eigenvalue weighted by Gasteiger charge is -2.18. The Labute approximate surface area is 205 Å². The van der Waals surface area contributed by atoms with Crippen LogP contribution in [-0.4, -0.2) is 41.6 Å². The highest BCUT2D eigenvalue weighted by molar-refractivity contribution is 5.98. The number of aliphatic hydroxyl groups is 1. The average Bonchev–Trinajstić information content (AvgIpc) is 3.26. The Bertz CT molecular complexity index is 1350. The topological polar surface area (TPSA) is 83.6 Å². The van der Waals surface area contributed by atoms with Gasteiger partial charge < -0.3 is 24.9 Å². The minimum absolute atomic E-state index is 0.203. The van der Waals surface area contributed by atoms with Crippen LogP contribution in [0.1, 0.15) is 22.8 Å². The zero-order chi connectivity index (χ0) is 25.7. The SMILES string of the molecule is CCOc1ccc(-c2cccc(OC(F)(F)F)c2)cc1C(=O)NC(CO)Cc1c[nH]c2ccccc12. The van der Waals surface area contributed by atoms with E-state index in [-0.39, 0.29) is 17.9 Å². The summed E-state index contributed by atoms with van der Waals surface area (Å²) in [6, 6.07) is 17.5. The van der Waals surface area contributed by atoms with Crippen LogP contribution in [-0.2, 0) is 6.42 Å². The van der Waals surface area contributed by atoms with Crippen LogP contribution in [0.25, 0.3) is 22.0 Å². The van der Waals surface area contributed by atoms with E-state index in [1.54, 1.807) is 31.2 Å². The number of amides is 1. The smallest absolute Gasteiger partial charge is 0.493 e. The molecule has 1 aromatic heterocycles. The Morgan fingerprint density at radius 1 is 1.06 bits per heavy atom. The number of aromatic nitrogens is 1. The van der Waals surface area contributed by atoms with Gasteiger partial charge in [-0.25, -0.2) is 0 Å². The first kappa shape index (κ1) is 25.1. The molecule has 1 amide bonds. The van der Waals surface area contributed by atoms with E-state index in [9.17, 15) is 23.1 Å². The van der Waals surface area contributed by atoms with Crippen molar-refractivity contribution in [3.8, 4) is 22.6 Å². The van der Waals surface area contributed by atoms with Gasteiger partial charge in [-0.2, -0.15) is 0 Å². The lowest BCUT2D eigenvalue weighted by Crippen LogP contribution is -2.39. The number of para-hydroxylation sites is 1. The predicted octanol–water partition coefficient (Wildman–Crippen LogP) is 5.47. The number of halogens is 3. The summed E-state index contributed by atoms with van der Waals surface area (Å²) in [7, 11) is 0. The van der Waals surface area contributed by atoms with Crippen LogP contribution in [0, 0.1) is 0 Å². The Morgan fingerprint density at radius 2 is 1.83 bits per heavy atom. The summed E-state index contributed by atoms with van der Waals surface area (Å²) in [4.78, 5) is 16.4. The molecule has 0 spiro atoms. The van der Waals surface area contributed by atoms with Crippen molar-refractivity contribution in [1.82, 2.24) is 10.3 Å². The average molecular weight is 499 g/mol. The number of rotatable bonds is 9. The van der Waals surface area contributed by atoms with E-state index in [1.165, 1.54) is 18.2 Å². The fourth-order valence-electron chi connectivity index (χ4n) is 4.03. The summed E-state index contributed by atoms with van der Waals surface area (Å²) >= 11 is 0. The van der Waals surface area contributed by atoms with E-state index in [1.807, 2.05) is 30.5 Å². The summed E-state index contributed by atoms with van der Waals surface area (Å²) in [6.45, 7) is 1.81. The quantitative estimate of drug-likeness (QED) is 0.286. The lowest BCUT2D eigenvalue weighted by atomic mass is 10.0. The van der Waals surface area contributed by atoms with Gasteiger partial charge in [0.15, 0.2) is 0 Å². The molecular formula is C27H25F3N2O4. The molecule has 36 heavy (non-hydrogen) atoms. The number of carbonyl (C=O) groups is 1. The first-order chi connectivity index (χ1) is 17.3. The third-order valence-corrected chi connectivity index (χ3v) is 5.62. The molecule has 1 atom stereocenters. The predicted molar refractivity (Wildman–Crippen MR) is 130 cm³/mol. The van der Waals surface area contributed by atoms with E-state index in [0.717, 1.165) is 16.5 Å². The van der Waals surface area contributed by atoms with Crippen LogP contribution in [0.4, 0.5) is 13.2 Å². The molecule has 0 aliphatic rings. The van der Waals surface area contributed by atoms with E-state index < -0.39 is 18.3 Å². The number of ether oxygens (including phenoxy) is 2. The molecule has 0 saturated carbocycles. The van der Waals surface area contributed by atoms with Gasteiger partial charge >= 0.3 is 6.36 Å². The third kappa shape index (κ3) is 5.98. The summed E-state index contributed by atoms with van der Waals surface area (Å²) in [5, 5.41) is 13.8. The van der Waals surface area contributed by atoms with Gasteiger partial charge in [0.1, 0.15) is 11.5 Å². The number of nitrogens with one attached hydrogen (secondary N) is 2. The van der Waals surface area contributed by atoms with Crippen molar-refractivity contribution >= 4 is 16.8 Å². The molecule has 1 heterocycles. The van der Waals surface area contributed by atoms with Crippen LogP contribution in [0.5, 0.6) is 11.5 Å². The van der Waals surface area contributed by atoms with Crippen LogP contribution < -0.4 is 14.8 Å². The Morgan fingerprint density at radius 3 is 2.58 bits per heavy atom. The van der Waals surface area contributed by atoms with Crippen molar-refractivity contribution in [2.75, 3.05) is 13.2 Å². The van der Waals surface area contributed by atoms with E-state index in [4.69, 9.17) is 4.74 Å². The van der Waals surface area contributed by atoms with Crippen LogP contribution in [0.15, 0.2) is 72.9 Å². The normalized spacial score (nSPS) is 12.4. The first-order valence-electron chi connectivity index (χ1n) is 11.4. The lowest BCUT2D eigenvalue weighted by molar-refractivity contribution is -0.274. The van der Waals surface area contributed by atoms with Gasteiger partial charge in [-0.3, -0.25) is 4.79 Å². The second kappa shape index (κ2) is 10.7. The maximum absolute atomic E-state index is 13.3. The number of hydrogen-bond donors (Lipinski definition) is 3. The number of carbonyl (C=O) groups excluding carboxylic acids is 1. The largest absolute Gasteiger partial charge is 0.573 e. The van der Waals surface area contributed by atoms with Crippen LogP contribution in [0.3, 0.4) is 0 Å². The summed E-state index contributed by atoms with van der Waals surface area (Å²) in [5.74, 6) is -0.508. The van der Waals surface area contributed by atoms with Gasteiger partial charge in [0.05, 0.1) is 24.8 Å². The fraction of sp³-hybridized carbons (Fsp3) is 0.222. The van der Waals surface area contributed by atoms with Crippen molar-refractivity contribution in [2.45, 2.75) is 25.7 Å². The summed E-state index contributed by atoms with van der Waals surface area (Å²) in [5.41, 5.74) is 3.05. The highest BCUT2D eigenvalue weighted by atomic mass is 19.4. The van der Waals surface area contributed by atoms with Crippen molar-refractivity contribution in [3.05, 3.63) is 84.1 Å². The second-order valence-corrected chi connectivity index (χ2v) is 8.14. The van der Waals surface area contributed by atoms with Gasteiger partial charge in [-0.05, 0) is 60.4 Å². The molecule has 4 aromatic rings. The molecule has 0 fully saturated rings. The van der Waals surface area contributed by atoms with Crippen molar-refractivity contribution in [1.29, 1.82) is 0 Å². The van der Waals surface area contributed by atoms with Gasteiger partial charge in [-0.1, -0.05) is 36.4 Å². The number of aromatic amines is 1. The third-order valence-electron chi connectivity index (χ3n) is 5.62. The van der Waals surface area contributed by atoms with E-state index in [2.05, 4.69) is 15.0 Å². The molecule has 1 unspecified atom stereocenters. The molecule has 0 saturated heterocycles. The number of H-pyrrole nitrogens is 1. The number of benzene rings is 3. The fourth-order valence-corrected chi connectivity index (χ4v) is 4.03. The highest BCUT2D eigenvalue weighted by Gasteiger charge is 2.31. The molecular weight excluding hydrogens is 473 g/mol. The van der Waals surface area contributed by atoms with Gasteiger partial charge in [0.25, 0.3) is 5.91 Å².